The highest BCUT2D eigenvalue weighted by molar-refractivity contribution is 5.84. The number of nitrogens with one attached hydrogen (secondary N) is 1. The predicted molar refractivity (Wildman–Crippen MR) is 86.9 cm³/mol. The van der Waals surface area contributed by atoms with Crippen LogP contribution < -0.4 is 5.32 Å². The molecule has 2 aromatic carbocycles. The molecule has 0 unspecified atom stereocenters. The quantitative estimate of drug-likeness (QED) is 0.569. The molecule has 0 saturated carbocycles. The highest BCUT2D eigenvalue weighted by atomic mass is 16.5. The van der Waals surface area contributed by atoms with E-state index in [-0.39, 0.29) is 0 Å². The molecule has 0 saturated heterocycles. The standard InChI is InChI=1S/C17H19N3O2/c1-2-3-13-22-17(21)18-14-9-11-16(12-10-14)20-19-15-7-5-4-6-8-15/h4-12H,2-3,13H2,1H3,(H,18,21). The number of carbonyl (C=O) groups is 1. The van der Waals surface area contributed by atoms with Gasteiger partial charge in [0.2, 0.25) is 0 Å². The van der Waals surface area contributed by atoms with E-state index in [1.54, 1.807) is 24.3 Å². The number of hydrogen-bond donors (Lipinski definition) is 1. The molecule has 0 aromatic heterocycles. The largest absolute Gasteiger partial charge is 0.449 e. The van der Waals surface area contributed by atoms with Gasteiger partial charge in [0.05, 0.1) is 18.0 Å². The molecule has 0 bridgehead atoms. The Labute approximate surface area is 130 Å². The first-order valence-corrected chi connectivity index (χ1v) is 7.28. The molecule has 1 amide bonds. The molecule has 0 fully saturated rings. The van der Waals surface area contributed by atoms with Crippen molar-refractivity contribution in [3.8, 4) is 0 Å². The topological polar surface area (TPSA) is 63.0 Å². The first-order valence-electron chi connectivity index (χ1n) is 7.28. The molecule has 2 aromatic rings. The molecule has 5 heteroatoms. The van der Waals surface area contributed by atoms with Crippen LogP contribution >= 0.6 is 0 Å². The number of amides is 1. The Hall–Kier alpha value is -2.69. The fraction of sp³-hybridized carbons (Fsp3) is 0.235. The lowest BCUT2D eigenvalue weighted by Crippen LogP contribution is -2.14. The monoisotopic (exact) mass is 297 g/mol. The van der Waals surface area contributed by atoms with Crippen molar-refractivity contribution in [3.05, 3.63) is 54.6 Å². The van der Waals surface area contributed by atoms with Crippen LogP contribution in [0.3, 0.4) is 0 Å². The van der Waals surface area contributed by atoms with E-state index in [1.165, 1.54) is 0 Å². The average molecular weight is 297 g/mol. The van der Waals surface area contributed by atoms with E-state index in [0.717, 1.165) is 18.5 Å². The van der Waals surface area contributed by atoms with Crippen molar-refractivity contribution in [3.63, 3.8) is 0 Å². The Bertz CT molecular complexity index is 610. The van der Waals surface area contributed by atoms with E-state index in [4.69, 9.17) is 4.74 Å². The molecule has 0 aliphatic carbocycles. The second-order valence-corrected chi connectivity index (χ2v) is 4.70. The fourth-order valence-electron chi connectivity index (χ4n) is 1.68. The first kappa shape index (κ1) is 15.7. The van der Waals surface area contributed by atoms with Gasteiger partial charge in [-0.2, -0.15) is 10.2 Å². The number of rotatable bonds is 6. The number of unbranched alkanes of at least 4 members (excludes halogenated alkanes) is 1. The third kappa shape index (κ3) is 5.36. The van der Waals surface area contributed by atoms with E-state index in [9.17, 15) is 4.79 Å². The third-order valence-corrected chi connectivity index (χ3v) is 2.88. The Balaban J connectivity index is 1.87. The number of anilines is 1. The summed E-state index contributed by atoms with van der Waals surface area (Å²) in [5, 5.41) is 10.9. The third-order valence-electron chi connectivity index (χ3n) is 2.88. The predicted octanol–water partition coefficient (Wildman–Crippen LogP) is 5.45. The normalized spacial score (nSPS) is 10.6. The maximum atomic E-state index is 11.5. The van der Waals surface area contributed by atoms with E-state index in [2.05, 4.69) is 15.5 Å². The summed E-state index contributed by atoms with van der Waals surface area (Å²) >= 11 is 0. The Morgan fingerprint density at radius 1 is 1.00 bits per heavy atom. The number of carbonyl (C=O) groups excluding carboxylic acids is 1. The summed E-state index contributed by atoms with van der Waals surface area (Å²) in [6.45, 7) is 2.48. The minimum atomic E-state index is -0.438. The Morgan fingerprint density at radius 3 is 2.27 bits per heavy atom. The number of nitrogens with zero attached hydrogens (tertiary/aromatic N) is 2. The lowest BCUT2D eigenvalue weighted by molar-refractivity contribution is 0.160. The van der Waals surface area contributed by atoms with E-state index >= 15 is 0 Å². The summed E-state index contributed by atoms with van der Waals surface area (Å²) in [5.74, 6) is 0. The van der Waals surface area contributed by atoms with Gasteiger partial charge in [-0.1, -0.05) is 31.5 Å². The van der Waals surface area contributed by atoms with Crippen molar-refractivity contribution in [1.82, 2.24) is 0 Å². The van der Waals surface area contributed by atoms with Gasteiger partial charge in [0, 0.05) is 5.69 Å². The lowest BCUT2D eigenvalue weighted by Gasteiger charge is -2.06. The zero-order valence-corrected chi connectivity index (χ0v) is 12.5. The lowest BCUT2D eigenvalue weighted by atomic mass is 10.3. The second-order valence-electron chi connectivity index (χ2n) is 4.70. The van der Waals surface area contributed by atoms with Crippen LogP contribution in [-0.2, 0) is 4.74 Å². The van der Waals surface area contributed by atoms with Crippen LogP contribution in [0, 0.1) is 0 Å². The highest BCUT2D eigenvalue weighted by Gasteiger charge is 2.02. The molecule has 0 aliphatic heterocycles. The zero-order valence-electron chi connectivity index (χ0n) is 12.5. The molecule has 2 rings (SSSR count). The zero-order chi connectivity index (χ0) is 15.6. The number of benzene rings is 2. The number of azo groups is 1. The van der Waals surface area contributed by atoms with E-state index < -0.39 is 6.09 Å². The van der Waals surface area contributed by atoms with Gasteiger partial charge in [-0.15, -0.1) is 0 Å². The molecular weight excluding hydrogens is 278 g/mol. The van der Waals surface area contributed by atoms with Crippen molar-refractivity contribution in [2.75, 3.05) is 11.9 Å². The second kappa shape index (κ2) is 8.56. The molecule has 5 nitrogen and oxygen atoms in total. The van der Waals surface area contributed by atoms with Crippen molar-refractivity contribution < 1.29 is 9.53 Å². The minimum Gasteiger partial charge on any atom is -0.449 e. The fourth-order valence-corrected chi connectivity index (χ4v) is 1.68. The van der Waals surface area contributed by atoms with Gasteiger partial charge in [-0.3, -0.25) is 5.32 Å². The average Bonchev–Trinajstić information content (AvgIpc) is 2.55. The number of ether oxygens (including phenoxy) is 1. The van der Waals surface area contributed by atoms with Gasteiger partial charge in [0.15, 0.2) is 0 Å². The molecule has 0 heterocycles. The van der Waals surface area contributed by atoms with E-state index in [1.807, 2.05) is 37.3 Å². The molecule has 22 heavy (non-hydrogen) atoms. The molecule has 0 spiro atoms. The SMILES string of the molecule is CCCCOC(=O)Nc1ccc(N=Nc2ccccc2)cc1. The molecule has 0 aliphatic rings. The van der Waals surface area contributed by atoms with Crippen molar-refractivity contribution in [1.29, 1.82) is 0 Å². The summed E-state index contributed by atoms with van der Waals surface area (Å²) in [5.41, 5.74) is 2.18. The van der Waals surface area contributed by atoms with Gasteiger partial charge in [0.25, 0.3) is 0 Å². The van der Waals surface area contributed by atoms with Gasteiger partial charge >= 0.3 is 6.09 Å². The Kier molecular flexibility index (Phi) is 6.11. The summed E-state index contributed by atoms with van der Waals surface area (Å²) in [6, 6.07) is 16.6. The van der Waals surface area contributed by atoms with E-state index in [0.29, 0.717) is 18.0 Å². The summed E-state index contributed by atoms with van der Waals surface area (Å²) in [7, 11) is 0. The van der Waals surface area contributed by atoms with Crippen LogP contribution in [0.5, 0.6) is 0 Å². The molecule has 1 N–H and O–H groups in total. The maximum Gasteiger partial charge on any atom is 0.411 e. The van der Waals surface area contributed by atoms with Gasteiger partial charge in [0.1, 0.15) is 0 Å². The highest BCUT2D eigenvalue weighted by Crippen LogP contribution is 2.20. The van der Waals surface area contributed by atoms with Crippen molar-refractivity contribution >= 4 is 23.2 Å². The van der Waals surface area contributed by atoms with Crippen LogP contribution in [0.4, 0.5) is 21.9 Å². The van der Waals surface area contributed by atoms with Crippen LogP contribution in [-0.4, -0.2) is 12.7 Å². The van der Waals surface area contributed by atoms with Crippen LogP contribution in [0.1, 0.15) is 19.8 Å². The van der Waals surface area contributed by atoms with Gasteiger partial charge < -0.3 is 4.74 Å². The molecular formula is C17H19N3O2. The van der Waals surface area contributed by atoms with Crippen molar-refractivity contribution in [2.45, 2.75) is 19.8 Å². The minimum absolute atomic E-state index is 0.436. The van der Waals surface area contributed by atoms with Gasteiger partial charge in [-0.25, -0.2) is 4.79 Å². The molecule has 0 atom stereocenters. The van der Waals surface area contributed by atoms with Crippen LogP contribution in [0.15, 0.2) is 64.8 Å². The van der Waals surface area contributed by atoms with Gasteiger partial charge in [-0.05, 0) is 42.8 Å². The first-order chi connectivity index (χ1) is 10.8. The van der Waals surface area contributed by atoms with Crippen molar-refractivity contribution in [2.24, 2.45) is 10.2 Å². The molecule has 114 valence electrons. The smallest absolute Gasteiger partial charge is 0.411 e. The summed E-state index contributed by atoms with van der Waals surface area (Å²) in [6.07, 6.45) is 1.42. The number of hydrogen-bond acceptors (Lipinski definition) is 4. The summed E-state index contributed by atoms with van der Waals surface area (Å²) in [4.78, 5) is 11.5. The van der Waals surface area contributed by atoms with Crippen LogP contribution in [0.25, 0.3) is 0 Å². The molecule has 0 radical (unpaired) electrons. The maximum absolute atomic E-state index is 11.5. The Morgan fingerprint density at radius 2 is 1.64 bits per heavy atom. The van der Waals surface area contributed by atoms with Crippen LogP contribution in [0.2, 0.25) is 0 Å². The summed E-state index contributed by atoms with van der Waals surface area (Å²) < 4.78 is 5.03.